The summed E-state index contributed by atoms with van der Waals surface area (Å²) in [4.78, 5) is 0. The summed E-state index contributed by atoms with van der Waals surface area (Å²) in [7, 11) is -3.26. The summed E-state index contributed by atoms with van der Waals surface area (Å²) in [5.74, 6) is 1.41. The normalized spacial score (nSPS) is 19.2. The van der Waals surface area contributed by atoms with Crippen LogP contribution in [0.25, 0.3) is 0 Å². The smallest absolute Gasteiger partial charge is 0.279 e. The highest BCUT2D eigenvalue weighted by Gasteiger charge is 2.27. The average molecular weight is 310 g/mol. The van der Waals surface area contributed by atoms with Crippen LogP contribution in [0.4, 0.5) is 0 Å². The zero-order valence-electron chi connectivity index (χ0n) is 12.2. The molecule has 1 aliphatic heterocycles. The second-order valence-corrected chi connectivity index (χ2v) is 8.04. The van der Waals surface area contributed by atoms with E-state index in [1.807, 2.05) is 6.26 Å². The summed E-state index contributed by atoms with van der Waals surface area (Å²) in [6.45, 7) is 7.05. The molecule has 0 radical (unpaired) electrons. The molecule has 1 fully saturated rings. The Morgan fingerprint density at radius 3 is 2.47 bits per heavy atom. The first-order valence-corrected chi connectivity index (χ1v) is 9.76. The van der Waals surface area contributed by atoms with E-state index in [-0.39, 0.29) is 0 Å². The lowest BCUT2D eigenvalue weighted by atomic mass is 9.98. The van der Waals surface area contributed by atoms with Gasteiger partial charge in [-0.05, 0) is 31.6 Å². The maximum absolute atomic E-state index is 12.0. The van der Waals surface area contributed by atoms with E-state index in [2.05, 4.69) is 23.9 Å². The standard InChI is InChI=1S/C12H27N3O2S2/c1-11(2)13-10-12-4-7-15(8-5-12)19(16,17)14-6-9-18-3/h11-14H,4-10H2,1-3H3. The minimum absolute atomic E-state index is 0.495. The van der Waals surface area contributed by atoms with Crippen LogP contribution in [-0.4, -0.2) is 57.0 Å². The SMILES string of the molecule is CSCCNS(=O)(=O)N1CCC(CNC(C)C)CC1. The van der Waals surface area contributed by atoms with Crippen molar-refractivity contribution in [3.8, 4) is 0 Å². The fourth-order valence-corrected chi connectivity index (χ4v) is 3.79. The number of thioether (sulfide) groups is 1. The van der Waals surface area contributed by atoms with Crippen LogP contribution in [0.3, 0.4) is 0 Å². The van der Waals surface area contributed by atoms with E-state index in [0.717, 1.165) is 25.1 Å². The third-order valence-electron chi connectivity index (χ3n) is 3.32. The summed E-state index contributed by atoms with van der Waals surface area (Å²) in [5.41, 5.74) is 0. The van der Waals surface area contributed by atoms with Crippen molar-refractivity contribution in [1.82, 2.24) is 14.3 Å². The third kappa shape index (κ3) is 6.44. The molecule has 1 aliphatic rings. The Morgan fingerprint density at radius 1 is 1.32 bits per heavy atom. The quantitative estimate of drug-likeness (QED) is 0.654. The number of piperidine rings is 1. The first-order valence-electron chi connectivity index (χ1n) is 6.92. The number of nitrogens with zero attached hydrogens (tertiary/aromatic N) is 1. The van der Waals surface area contributed by atoms with E-state index in [9.17, 15) is 8.42 Å². The van der Waals surface area contributed by atoms with Gasteiger partial charge in [-0.3, -0.25) is 0 Å². The van der Waals surface area contributed by atoms with E-state index in [4.69, 9.17) is 0 Å². The predicted octanol–water partition coefficient (Wildman–Crippen LogP) is 0.894. The summed E-state index contributed by atoms with van der Waals surface area (Å²) in [5, 5.41) is 3.42. The van der Waals surface area contributed by atoms with Gasteiger partial charge in [0.05, 0.1) is 0 Å². The molecular weight excluding hydrogens is 282 g/mol. The molecule has 0 aliphatic carbocycles. The molecule has 1 rings (SSSR count). The molecule has 7 heteroatoms. The molecule has 0 bridgehead atoms. The van der Waals surface area contributed by atoms with E-state index in [1.165, 1.54) is 0 Å². The summed E-state index contributed by atoms with van der Waals surface area (Å²) in [6, 6.07) is 0.495. The maximum atomic E-state index is 12.0. The maximum Gasteiger partial charge on any atom is 0.279 e. The Kier molecular flexibility index (Phi) is 7.68. The average Bonchev–Trinajstić information content (AvgIpc) is 2.37. The van der Waals surface area contributed by atoms with Crippen LogP contribution in [0.5, 0.6) is 0 Å². The van der Waals surface area contributed by atoms with Crippen LogP contribution in [0.15, 0.2) is 0 Å². The summed E-state index contributed by atoms with van der Waals surface area (Å²) in [6.07, 6.45) is 3.87. The highest BCUT2D eigenvalue weighted by atomic mass is 32.2. The third-order valence-corrected chi connectivity index (χ3v) is 5.55. The largest absolute Gasteiger partial charge is 0.314 e. The van der Waals surface area contributed by atoms with Gasteiger partial charge >= 0.3 is 0 Å². The van der Waals surface area contributed by atoms with Gasteiger partial charge in [-0.25, -0.2) is 4.72 Å². The van der Waals surface area contributed by atoms with E-state index >= 15 is 0 Å². The van der Waals surface area contributed by atoms with Gasteiger partial charge in [-0.2, -0.15) is 24.5 Å². The van der Waals surface area contributed by atoms with Crippen molar-refractivity contribution in [1.29, 1.82) is 0 Å². The van der Waals surface area contributed by atoms with Crippen molar-refractivity contribution in [3.05, 3.63) is 0 Å². The highest BCUT2D eigenvalue weighted by Crippen LogP contribution is 2.18. The topological polar surface area (TPSA) is 61.4 Å². The Hall–Kier alpha value is 0.180. The van der Waals surface area contributed by atoms with Gasteiger partial charge in [-0.15, -0.1) is 0 Å². The Labute approximate surface area is 122 Å². The molecule has 114 valence electrons. The lowest BCUT2D eigenvalue weighted by molar-refractivity contribution is 0.262. The minimum Gasteiger partial charge on any atom is -0.314 e. The van der Waals surface area contributed by atoms with Gasteiger partial charge in [0, 0.05) is 31.4 Å². The number of hydrogen-bond donors (Lipinski definition) is 2. The molecule has 19 heavy (non-hydrogen) atoms. The van der Waals surface area contributed by atoms with Gasteiger partial charge in [0.15, 0.2) is 0 Å². The summed E-state index contributed by atoms with van der Waals surface area (Å²) < 4.78 is 28.3. The molecule has 0 unspecified atom stereocenters. The predicted molar refractivity (Wildman–Crippen MR) is 82.7 cm³/mol. The van der Waals surface area contributed by atoms with Crippen molar-refractivity contribution in [2.24, 2.45) is 5.92 Å². The molecular formula is C12H27N3O2S2. The molecule has 1 saturated heterocycles. The van der Waals surface area contributed by atoms with Crippen LogP contribution >= 0.6 is 11.8 Å². The molecule has 0 aromatic rings. The Morgan fingerprint density at radius 2 is 1.95 bits per heavy atom. The second-order valence-electron chi connectivity index (χ2n) is 5.30. The first kappa shape index (κ1) is 17.2. The fourth-order valence-electron chi connectivity index (χ4n) is 2.12. The Bertz CT molecular complexity index is 339. The zero-order chi connectivity index (χ0) is 14.3. The van der Waals surface area contributed by atoms with Crippen molar-refractivity contribution in [2.45, 2.75) is 32.7 Å². The highest BCUT2D eigenvalue weighted by molar-refractivity contribution is 7.98. The van der Waals surface area contributed by atoms with Crippen LogP contribution in [0, 0.1) is 5.92 Å². The van der Waals surface area contributed by atoms with Crippen molar-refractivity contribution < 1.29 is 8.42 Å². The summed E-state index contributed by atoms with van der Waals surface area (Å²) >= 11 is 1.64. The Balaban J connectivity index is 2.32. The monoisotopic (exact) mass is 309 g/mol. The molecule has 1 heterocycles. The van der Waals surface area contributed by atoms with Crippen LogP contribution in [0.1, 0.15) is 26.7 Å². The van der Waals surface area contributed by atoms with Gasteiger partial charge in [-0.1, -0.05) is 13.8 Å². The van der Waals surface area contributed by atoms with Gasteiger partial charge in [0.1, 0.15) is 0 Å². The van der Waals surface area contributed by atoms with Crippen LogP contribution in [-0.2, 0) is 10.2 Å². The lowest BCUT2D eigenvalue weighted by Crippen LogP contribution is -2.46. The van der Waals surface area contributed by atoms with E-state index < -0.39 is 10.2 Å². The van der Waals surface area contributed by atoms with Crippen molar-refractivity contribution in [2.75, 3.05) is 38.2 Å². The van der Waals surface area contributed by atoms with Gasteiger partial charge in [0.2, 0.25) is 0 Å². The van der Waals surface area contributed by atoms with Crippen LogP contribution in [0.2, 0.25) is 0 Å². The number of nitrogens with one attached hydrogen (secondary N) is 2. The second kappa shape index (κ2) is 8.46. The molecule has 5 nitrogen and oxygen atoms in total. The van der Waals surface area contributed by atoms with E-state index in [1.54, 1.807) is 16.1 Å². The molecule has 0 spiro atoms. The molecule has 0 amide bonds. The number of hydrogen-bond acceptors (Lipinski definition) is 4. The molecule has 0 aromatic carbocycles. The van der Waals surface area contributed by atoms with E-state index in [0.29, 0.717) is 31.6 Å². The molecule has 0 saturated carbocycles. The van der Waals surface area contributed by atoms with Gasteiger partial charge < -0.3 is 5.32 Å². The molecule has 0 atom stereocenters. The van der Waals surface area contributed by atoms with Crippen molar-refractivity contribution >= 4 is 22.0 Å². The molecule has 2 N–H and O–H groups in total. The first-order chi connectivity index (χ1) is 8.95. The van der Waals surface area contributed by atoms with Gasteiger partial charge in [0.25, 0.3) is 10.2 Å². The van der Waals surface area contributed by atoms with Crippen LogP contribution < -0.4 is 10.0 Å². The van der Waals surface area contributed by atoms with Crippen molar-refractivity contribution in [3.63, 3.8) is 0 Å². The lowest BCUT2D eigenvalue weighted by Gasteiger charge is -2.31. The minimum atomic E-state index is -3.26. The zero-order valence-corrected chi connectivity index (χ0v) is 13.8. The fraction of sp³-hybridized carbons (Fsp3) is 1.00. The molecule has 0 aromatic heterocycles. The number of rotatable bonds is 8.